The molecule has 0 aliphatic carbocycles. The van der Waals surface area contributed by atoms with Crippen molar-refractivity contribution in [2.24, 2.45) is 0 Å². The Balaban J connectivity index is 2.93. The largest absolute Gasteiger partial charge is 0.477 e. The van der Waals surface area contributed by atoms with Crippen LogP contribution >= 0.6 is 23.2 Å². The van der Waals surface area contributed by atoms with Crippen molar-refractivity contribution < 1.29 is 14.7 Å². The van der Waals surface area contributed by atoms with Crippen LogP contribution in [-0.2, 0) is 0 Å². The summed E-state index contributed by atoms with van der Waals surface area (Å²) in [6.45, 7) is 0. The summed E-state index contributed by atoms with van der Waals surface area (Å²) in [7, 11) is 0. The topological polar surface area (TPSA) is 70.2 Å². The van der Waals surface area contributed by atoms with E-state index >= 15 is 0 Å². The first kappa shape index (κ1) is 11.0. The van der Waals surface area contributed by atoms with Gasteiger partial charge in [0, 0.05) is 15.9 Å². The average molecular weight is 258 g/mol. The maximum Gasteiger partial charge on any atom is 0.353 e. The maximum atomic E-state index is 10.9. The number of carbonyl (C=O) groups excluding carboxylic acids is 1. The fraction of sp³-hybridized carbons (Fsp3) is 0. The quantitative estimate of drug-likeness (QED) is 0.813. The van der Waals surface area contributed by atoms with E-state index in [1.54, 1.807) is 0 Å². The normalized spacial score (nSPS) is 10.6. The van der Waals surface area contributed by atoms with Crippen molar-refractivity contribution in [3.8, 4) is 0 Å². The zero-order chi connectivity index (χ0) is 11.9. The molecule has 0 aliphatic rings. The molecule has 2 N–H and O–H groups in total. The minimum atomic E-state index is -1.22. The molecular formula is C10H5Cl2NO3. The minimum absolute atomic E-state index is 0.0316. The van der Waals surface area contributed by atoms with Gasteiger partial charge >= 0.3 is 5.97 Å². The van der Waals surface area contributed by atoms with Gasteiger partial charge in [0.2, 0.25) is 0 Å². The van der Waals surface area contributed by atoms with E-state index in [0.717, 1.165) is 0 Å². The number of H-pyrrole nitrogens is 1. The number of aldehydes is 1. The Hall–Kier alpha value is -1.52. The number of nitrogens with one attached hydrogen (secondary N) is 1. The average Bonchev–Trinajstić information content (AvgIpc) is 2.56. The predicted molar refractivity (Wildman–Crippen MR) is 60.7 cm³/mol. The number of rotatable bonds is 2. The lowest BCUT2D eigenvalue weighted by molar-refractivity contribution is 0.0688. The highest BCUT2D eigenvalue weighted by Crippen LogP contribution is 2.31. The summed E-state index contributed by atoms with van der Waals surface area (Å²) in [4.78, 5) is 24.3. The number of carboxylic acid groups (broad SMARTS) is 1. The number of aromatic amines is 1. The van der Waals surface area contributed by atoms with Gasteiger partial charge in [-0.3, -0.25) is 4.79 Å². The Bertz CT molecular complexity index is 604. The fourth-order valence-electron chi connectivity index (χ4n) is 1.56. The number of hydrogen-bond acceptors (Lipinski definition) is 2. The van der Waals surface area contributed by atoms with Gasteiger partial charge in [-0.05, 0) is 12.1 Å². The molecule has 0 amide bonds. The highest BCUT2D eigenvalue weighted by Gasteiger charge is 2.18. The molecule has 4 nitrogen and oxygen atoms in total. The second kappa shape index (κ2) is 3.81. The van der Waals surface area contributed by atoms with Gasteiger partial charge in [0.15, 0.2) is 6.29 Å². The summed E-state index contributed by atoms with van der Waals surface area (Å²) in [5.41, 5.74) is 0.273. The van der Waals surface area contributed by atoms with Crippen molar-refractivity contribution in [3.05, 3.63) is 33.4 Å². The van der Waals surface area contributed by atoms with Crippen LogP contribution in [0.15, 0.2) is 12.1 Å². The number of aromatic carboxylic acids is 1. The van der Waals surface area contributed by atoms with E-state index in [0.29, 0.717) is 22.2 Å². The number of halogens is 2. The highest BCUT2D eigenvalue weighted by atomic mass is 35.5. The van der Waals surface area contributed by atoms with Crippen LogP contribution in [0.4, 0.5) is 0 Å². The monoisotopic (exact) mass is 257 g/mol. The number of fused-ring (bicyclic) bond motifs is 1. The molecule has 16 heavy (non-hydrogen) atoms. The van der Waals surface area contributed by atoms with Gasteiger partial charge in [-0.25, -0.2) is 4.79 Å². The van der Waals surface area contributed by atoms with Crippen LogP contribution < -0.4 is 0 Å². The van der Waals surface area contributed by atoms with Crippen LogP contribution in [0.1, 0.15) is 20.8 Å². The van der Waals surface area contributed by atoms with Gasteiger partial charge in [0.1, 0.15) is 5.69 Å². The molecule has 0 aliphatic heterocycles. The molecular weight excluding hydrogens is 253 g/mol. The molecule has 0 fully saturated rings. The highest BCUT2D eigenvalue weighted by molar-refractivity contribution is 6.39. The third-order valence-corrected chi connectivity index (χ3v) is 2.70. The Morgan fingerprint density at radius 2 is 2.06 bits per heavy atom. The molecule has 0 bridgehead atoms. The summed E-state index contributed by atoms with van der Waals surface area (Å²) in [5, 5.41) is 9.88. The van der Waals surface area contributed by atoms with Crippen molar-refractivity contribution in [3.63, 3.8) is 0 Å². The third-order valence-electron chi connectivity index (χ3n) is 2.19. The second-order valence-electron chi connectivity index (χ2n) is 3.15. The molecule has 2 rings (SSSR count). The first-order valence-electron chi connectivity index (χ1n) is 4.23. The first-order valence-corrected chi connectivity index (χ1v) is 4.99. The van der Waals surface area contributed by atoms with E-state index in [2.05, 4.69) is 4.98 Å². The second-order valence-corrected chi connectivity index (χ2v) is 3.99. The molecule has 0 unspecified atom stereocenters. The molecule has 1 aromatic heterocycles. The molecule has 0 saturated carbocycles. The Labute approximate surface area is 99.8 Å². The number of benzene rings is 1. The third kappa shape index (κ3) is 1.56. The smallest absolute Gasteiger partial charge is 0.353 e. The van der Waals surface area contributed by atoms with Gasteiger partial charge in [-0.1, -0.05) is 23.2 Å². The van der Waals surface area contributed by atoms with Gasteiger partial charge in [0.05, 0.1) is 10.6 Å². The zero-order valence-corrected chi connectivity index (χ0v) is 9.26. The summed E-state index contributed by atoms with van der Waals surface area (Å²) in [6, 6.07) is 2.97. The van der Waals surface area contributed by atoms with E-state index in [4.69, 9.17) is 28.3 Å². The molecule has 2 aromatic rings. The summed E-state index contributed by atoms with van der Waals surface area (Å²) < 4.78 is 0. The molecule has 1 heterocycles. The van der Waals surface area contributed by atoms with Crippen molar-refractivity contribution in [1.82, 2.24) is 4.98 Å². The van der Waals surface area contributed by atoms with Gasteiger partial charge in [-0.2, -0.15) is 0 Å². The summed E-state index contributed by atoms with van der Waals surface area (Å²) in [5.74, 6) is -1.22. The van der Waals surface area contributed by atoms with Gasteiger partial charge in [0.25, 0.3) is 0 Å². The lowest BCUT2D eigenvalue weighted by Gasteiger charge is -1.96. The fourth-order valence-corrected chi connectivity index (χ4v) is 2.15. The van der Waals surface area contributed by atoms with Crippen molar-refractivity contribution >= 4 is 46.4 Å². The number of carbonyl (C=O) groups is 2. The van der Waals surface area contributed by atoms with Crippen LogP contribution in [0.3, 0.4) is 0 Å². The van der Waals surface area contributed by atoms with Crippen LogP contribution in [-0.4, -0.2) is 22.3 Å². The van der Waals surface area contributed by atoms with Crippen LogP contribution in [0.5, 0.6) is 0 Å². The van der Waals surface area contributed by atoms with Crippen LogP contribution in [0.2, 0.25) is 10.0 Å². The van der Waals surface area contributed by atoms with Crippen molar-refractivity contribution in [1.29, 1.82) is 0 Å². The van der Waals surface area contributed by atoms with Gasteiger partial charge in [-0.15, -0.1) is 0 Å². The number of aromatic nitrogens is 1. The van der Waals surface area contributed by atoms with E-state index in [9.17, 15) is 9.59 Å². The van der Waals surface area contributed by atoms with Gasteiger partial charge < -0.3 is 10.1 Å². The predicted octanol–water partition coefficient (Wildman–Crippen LogP) is 2.99. The molecule has 0 spiro atoms. The standard InChI is InChI=1S/C10H5Cl2NO3/c11-4-1-6(12)8-5(3-14)9(10(15)16)13-7(8)2-4/h1-3,13H,(H,15,16). The van der Waals surface area contributed by atoms with E-state index in [1.165, 1.54) is 12.1 Å². The van der Waals surface area contributed by atoms with Crippen molar-refractivity contribution in [2.75, 3.05) is 0 Å². The molecule has 1 aromatic carbocycles. The van der Waals surface area contributed by atoms with E-state index < -0.39 is 5.97 Å². The zero-order valence-electron chi connectivity index (χ0n) is 7.75. The maximum absolute atomic E-state index is 10.9. The molecule has 0 radical (unpaired) electrons. The molecule has 0 atom stereocenters. The lowest BCUT2D eigenvalue weighted by Crippen LogP contribution is -2.00. The molecule has 0 saturated heterocycles. The minimum Gasteiger partial charge on any atom is -0.477 e. The summed E-state index contributed by atoms with van der Waals surface area (Å²) in [6.07, 6.45) is 0.460. The number of hydrogen-bond donors (Lipinski definition) is 2. The Kier molecular flexibility index (Phi) is 2.61. The SMILES string of the molecule is O=Cc1c(C(=O)O)[nH]c2cc(Cl)cc(Cl)c12. The van der Waals surface area contributed by atoms with Crippen molar-refractivity contribution in [2.45, 2.75) is 0 Å². The first-order chi connectivity index (χ1) is 7.54. The van der Waals surface area contributed by atoms with Crippen LogP contribution in [0.25, 0.3) is 10.9 Å². The Morgan fingerprint density at radius 3 is 2.62 bits per heavy atom. The molecule has 82 valence electrons. The Morgan fingerprint density at radius 1 is 1.38 bits per heavy atom. The van der Waals surface area contributed by atoms with E-state index in [1.807, 2.05) is 0 Å². The summed E-state index contributed by atoms with van der Waals surface area (Å²) >= 11 is 11.7. The lowest BCUT2D eigenvalue weighted by atomic mass is 10.1. The molecule has 6 heteroatoms. The van der Waals surface area contributed by atoms with Crippen LogP contribution in [0, 0.1) is 0 Å². The number of carboxylic acids is 1. The van der Waals surface area contributed by atoms with E-state index in [-0.39, 0.29) is 16.3 Å².